The zero-order valence-corrected chi connectivity index (χ0v) is 9.80. The lowest BCUT2D eigenvalue weighted by molar-refractivity contribution is -0.122. The van der Waals surface area contributed by atoms with Crippen LogP contribution >= 0.6 is 11.8 Å². The summed E-state index contributed by atoms with van der Waals surface area (Å²) in [5, 5.41) is 6.12. The maximum Gasteiger partial charge on any atom is 0.238 e. The molecule has 4 nitrogen and oxygen atoms in total. The highest BCUT2D eigenvalue weighted by atomic mass is 32.2. The minimum absolute atomic E-state index is 0.0459. The number of amides is 1. The largest absolute Gasteiger partial charge is 0.351 e. The number of hydrogen-bond donors (Lipinski definition) is 2. The van der Waals surface area contributed by atoms with E-state index in [1.807, 2.05) is 23.9 Å². The molecular formula is C11H15N3OS. The minimum atomic E-state index is -0.0459. The highest BCUT2D eigenvalue weighted by molar-refractivity contribution is 7.99. The van der Waals surface area contributed by atoms with Gasteiger partial charge in [0.1, 0.15) is 0 Å². The molecule has 0 spiro atoms. The molecule has 1 atom stereocenters. The number of pyridine rings is 1. The second-order valence-electron chi connectivity index (χ2n) is 3.66. The van der Waals surface area contributed by atoms with E-state index < -0.39 is 0 Å². The molecule has 2 N–H and O–H groups in total. The Morgan fingerprint density at radius 2 is 2.62 bits per heavy atom. The van der Waals surface area contributed by atoms with Gasteiger partial charge < -0.3 is 10.6 Å². The van der Waals surface area contributed by atoms with Crippen molar-refractivity contribution in [3.8, 4) is 0 Å². The van der Waals surface area contributed by atoms with Crippen molar-refractivity contribution in [2.45, 2.75) is 12.6 Å². The molecule has 0 saturated carbocycles. The third kappa shape index (κ3) is 3.21. The molecule has 1 saturated heterocycles. The SMILES string of the molecule is O=C(NCc1cccnc1)C1CSCCN1. The summed E-state index contributed by atoms with van der Waals surface area (Å²) in [6.45, 7) is 1.46. The second kappa shape index (κ2) is 5.86. The second-order valence-corrected chi connectivity index (χ2v) is 4.81. The fourth-order valence-corrected chi connectivity index (χ4v) is 2.48. The van der Waals surface area contributed by atoms with E-state index in [2.05, 4.69) is 15.6 Å². The first-order chi connectivity index (χ1) is 7.86. The van der Waals surface area contributed by atoms with Crippen molar-refractivity contribution in [3.63, 3.8) is 0 Å². The summed E-state index contributed by atoms with van der Waals surface area (Å²) >= 11 is 1.82. The van der Waals surface area contributed by atoms with Crippen LogP contribution in [-0.2, 0) is 11.3 Å². The molecular weight excluding hydrogens is 222 g/mol. The van der Waals surface area contributed by atoms with E-state index in [0.717, 1.165) is 23.6 Å². The molecule has 5 heteroatoms. The van der Waals surface area contributed by atoms with Gasteiger partial charge in [-0.25, -0.2) is 0 Å². The lowest BCUT2D eigenvalue weighted by Gasteiger charge is -2.22. The van der Waals surface area contributed by atoms with Gasteiger partial charge in [-0.3, -0.25) is 9.78 Å². The number of thioether (sulfide) groups is 1. The Morgan fingerprint density at radius 1 is 1.69 bits per heavy atom. The standard InChI is InChI=1S/C11H15N3OS/c15-11(10-8-16-5-4-13-10)14-7-9-2-1-3-12-6-9/h1-3,6,10,13H,4-5,7-8H2,(H,14,15). The maximum absolute atomic E-state index is 11.8. The summed E-state index contributed by atoms with van der Waals surface area (Å²) in [6, 6.07) is 3.78. The molecule has 0 aliphatic carbocycles. The molecule has 16 heavy (non-hydrogen) atoms. The molecule has 0 radical (unpaired) electrons. The Morgan fingerprint density at radius 3 is 3.31 bits per heavy atom. The zero-order chi connectivity index (χ0) is 11.2. The normalized spacial score (nSPS) is 20.4. The first kappa shape index (κ1) is 11.4. The number of carbonyl (C=O) groups is 1. The van der Waals surface area contributed by atoms with Crippen LogP contribution in [0, 0.1) is 0 Å². The van der Waals surface area contributed by atoms with Crippen molar-refractivity contribution in [1.82, 2.24) is 15.6 Å². The highest BCUT2D eigenvalue weighted by Crippen LogP contribution is 2.07. The van der Waals surface area contributed by atoms with Gasteiger partial charge in [0, 0.05) is 37.0 Å². The van der Waals surface area contributed by atoms with E-state index >= 15 is 0 Å². The van der Waals surface area contributed by atoms with Gasteiger partial charge in [-0.2, -0.15) is 11.8 Å². The average Bonchev–Trinajstić information content (AvgIpc) is 2.38. The summed E-state index contributed by atoms with van der Waals surface area (Å²) in [5.41, 5.74) is 1.03. The first-order valence-electron chi connectivity index (χ1n) is 5.34. The summed E-state index contributed by atoms with van der Waals surface area (Å²) in [6.07, 6.45) is 3.49. The molecule has 2 rings (SSSR count). The van der Waals surface area contributed by atoms with E-state index in [4.69, 9.17) is 0 Å². The van der Waals surface area contributed by atoms with E-state index in [9.17, 15) is 4.79 Å². The Kier molecular flexibility index (Phi) is 4.18. The van der Waals surface area contributed by atoms with Gasteiger partial charge in [0.05, 0.1) is 6.04 Å². The van der Waals surface area contributed by atoms with Crippen molar-refractivity contribution >= 4 is 17.7 Å². The number of nitrogens with one attached hydrogen (secondary N) is 2. The van der Waals surface area contributed by atoms with Crippen LogP contribution in [0.5, 0.6) is 0 Å². The van der Waals surface area contributed by atoms with Crippen LogP contribution in [0.25, 0.3) is 0 Å². The molecule has 0 bridgehead atoms. The smallest absolute Gasteiger partial charge is 0.238 e. The minimum Gasteiger partial charge on any atom is -0.351 e. The van der Waals surface area contributed by atoms with Crippen LogP contribution in [0.1, 0.15) is 5.56 Å². The number of carbonyl (C=O) groups excluding carboxylic acids is 1. The van der Waals surface area contributed by atoms with Gasteiger partial charge in [0.25, 0.3) is 0 Å². The Hall–Kier alpha value is -1.07. The van der Waals surface area contributed by atoms with Crippen LogP contribution in [-0.4, -0.2) is 35.0 Å². The quantitative estimate of drug-likeness (QED) is 0.799. The molecule has 1 amide bonds. The van der Waals surface area contributed by atoms with Gasteiger partial charge in [-0.05, 0) is 11.6 Å². The Labute approximate surface area is 99.2 Å². The average molecular weight is 237 g/mol. The zero-order valence-electron chi connectivity index (χ0n) is 8.98. The molecule has 1 aliphatic heterocycles. The van der Waals surface area contributed by atoms with Crippen molar-refractivity contribution in [2.75, 3.05) is 18.1 Å². The first-order valence-corrected chi connectivity index (χ1v) is 6.49. The number of hydrogen-bond acceptors (Lipinski definition) is 4. The van der Waals surface area contributed by atoms with Crippen LogP contribution in [0.15, 0.2) is 24.5 Å². The number of rotatable bonds is 3. The van der Waals surface area contributed by atoms with Crippen molar-refractivity contribution in [3.05, 3.63) is 30.1 Å². The number of aromatic nitrogens is 1. The fraction of sp³-hybridized carbons (Fsp3) is 0.455. The third-order valence-corrected chi connectivity index (χ3v) is 3.49. The van der Waals surface area contributed by atoms with Crippen molar-refractivity contribution in [1.29, 1.82) is 0 Å². The lowest BCUT2D eigenvalue weighted by Crippen LogP contribution is -2.48. The summed E-state index contributed by atoms with van der Waals surface area (Å²) < 4.78 is 0. The summed E-state index contributed by atoms with van der Waals surface area (Å²) in [5.74, 6) is 2.03. The van der Waals surface area contributed by atoms with Gasteiger partial charge >= 0.3 is 0 Å². The molecule has 86 valence electrons. The van der Waals surface area contributed by atoms with Crippen molar-refractivity contribution in [2.24, 2.45) is 0 Å². The summed E-state index contributed by atoms with van der Waals surface area (Å²) in [7, 11) is 0. The van der Waals surface area contributed by atoms with E-state index in [0.29, 0.717) is 6.54 Å². The van der Waals surface area contributed by atoms with Crippen LogP contribution in [0.3, 0.4) is 0 Å². The van der Waals surface area contributed by atoms with Crippen LogP contribution in [0.4, 0.5) is 0 Å². The van der Waals surface area contributed by atoms with Crippen molar-refractivity contribution < 1.29 is 4.79 Å². The van der Waals surface area contributed by atoms with Gasteiger partial charge in [-0.15, -0.1) is 0 Å². The van der Waals surface area contributed by atoms with Gasteiger partial charge in [0.2, 0.25) is 5.91 Å². The molecule has 1 unspecified atom stereocenters. The molecule has 1 aliphatic rings. The highest BCUT2D eigenvalue weighted by Gasteiger charge is 2.20. The lowest BCUT2D eigenvalue weighted by atomic mass is 10.2. The molecule has 2 heterocycles. The van der Waals surface area contributed by atoms with Gasteiger partial charge in [0.15, 0.2) is 0 Å². The van der Waals surface area contributed by atoms with Crippen LogP contribution in [0.2, 0.25) is 0 Å². The molecule has 0 aromatic carbocycles. The topological polar surface area (TPSA) is 54.0 Å². The maximum atomic E-state index is 11.8. The monoisotopic (exact) mass is 237 g/mol. The van der Waals surface area contributed by atoms with E-state index in [1.165, 1.54) is 0 Å². The molecule has 1 fully saturated rings. The number of nitrogens with zero attached hydrogens (tertiary/aromatic N) is 1. The predicted octanol–water partition coefficient (Wildman–Crippen LogP) is 0.403. The molecule has 1 aromatic heterocycles. The van der Waals surface area contributed by atoms with E-state index in [-0.39, 0.29) is 11.9 Å². The van der Waals surface area contributed by atoms with Gasteiger partial charge in [-0.1, -0.05) is 6.07 Å². The Balaban J connectivity index is 1.79. The Bertz CT molecular complexity index is 338. The fourth-order valence-electron chi connectivity index (χ4n) is 1.55. The summed E-state index contributed by atoms with van der Waals surface area (Å²) in [4.78, 5) is 15.8. The van der Waals surface area contributed by atoms with E-state index in [1.54, 1.807) is 12.4 Å². The third-order valence-electron chi connectivity index (χ3n) is 2.43. The predicted molar refractivity (Wildman–Crippen MR) is 65.2 cm³/mol. The molecule has 1 aromatic rings. The van der Waals surface area contributed by atoms with Crippen LogP contribution < -0.4 is 10.6 Å².